The molecule has 0 aromatic carbocycles. The highest BCUT2D eigenvalue weighted by atomic mass is 16.5. The van der Waals surface area contributed by atoms with Gasteiger partial charge in [-0.15, -0.1) is 0 Å². The van der Waals surface area contributed by atoms with E-state index >= 15 is 0 Å². The quantitative estimate of drug-likeness (QED) is 0.772. The lowest BCUT2D eigenvalue weighted by Crippen LogP contribution is -2.06. The van der Waals surface area contributed by atoms with Crippen LogP contribution in [0.3, 0.4) is 0 Å². The molecule has 0 bridgehead atoms. The van der Waals surface area contributed by atoms with Gasteiger partial charge in [-0.3, -0.25) is 0 Å². The first-order valence-corrected chi connectivity index (χ1v) is 4.34. The average molecular weight is 185 g/mol. The van der Waals surface area contributed by atoms with Gasteiger partial charge in [-0.05, 0) is 18.0 Å². The van der Waals surface area contributed by atoms with Crippen molar-refractivity contribution in [2.45, 2.75) is 27.4 Å². The van der Waals surface area contributed by atoms with Crippen molar-refractivity contribution in [3.8, 4) is 5.88 Å². The van der Waals surface area contributed by atoms with Crippen molar-refractivity contribution in [2.75, 3.05) is 6.61 Å². The highest BCUT2D eigenvalue weighted by molar-refractivity contribution is 5.26. The van der Waals surface area contributed by atoms with Crippen LogP contribution < -0.4 is 4.74 Å². The second-order valence-corrected chi connectivity index (χ2v) is 3.39. The van der Waals surface area contributed by atoms with Crippen LogP contribution in [0.25, 0.3) is 0 Å². The number of aryl methyl sites for hydroxylation is 1. The Kier molecular flexibility index (Phi) is 3.31. The maximum absolute atomic E-state index is 8.97. The summed E-state index contributed by atoms with van der Waals surface area (Å²) in [5.41, 5.74) is 0.639. The van der Waals surface area contributed by atoms with Crippen molar-refractivity contribution in [2.24, 2.45) is 5.92 Å². The minimum Gasteiger partial charge on any atom is -0.475 e. The molecule has 4 nitrogen and oxygen atoms in total. The van der Waals surface area contributed by atoms with Crippen molar-refractivity contribution in [3.05, 3.63) is 11.3 Å². The number of hydrogen-bond donors (Lipinski definition) is 1. The molecule has 0 saturated carbocycles. The third-order valence-electron chi connectivity index (χ3n) is 1.66. The van der Waals surface area contributed by atoms with Crippen LogP contribution in [0.4, 0.5) is 0 Å². The van der Waals surface area contributed by atoms with Gasteiger partial charge in [0.2, 0.25) is 0 Å². The first kappa shape index (κ1) is 10.1. The van der Waals surface area contributed by atoms with Crippen molar-refractivity contribution in [1.82, 2.24) is 5.16 Å². The second-order valence-electron chi connectivity index (χ2n) is 3.39. The highest BCUT2D eigenvalue weighted by Gasteiger charge is 2.12. The molecule has 0 amide bonds. The molecule has 0 saturated heterocycles. The molecule has 0 fully saturated rings. The number of rotatable bonds is 4. The number of aliphatic hydroxyl groups is 1. The smallest absolute Gasteiger partial charge is 0.259 e. The molecule has 0 aliphatic carbocycles. The third-order valence-corrected chi connectivity index (χ3v) is 1.66. The van der Waals surface area contributed by atoms with Crippen LogP contribution in [0.5, 0.6) is 5.88 Å². The first-order valence-electron chi connectivity index (χ1n) is 4.34. The van der Waals surface area contributed by atoms with Gasteiger partial charge in [-0.2, -0.15) is 0 Å². The second kappa shape index (κ2) is 4.28. The Hall–Kier alpha value is -1.03. The monoisotopic (exact) mass is 185 g/mol. The molecule has 0 atom stereocenters. The Bertz CT molecular complexity index is 268. The van der Waals surface area contributed by atoms with E-state index in [1.54, 1.807) is 6.92 Å². The number of nitrogens with zero attached hydrogens (tertiary/aromatic N) is 1. The highest BCUT2D eigenvalue weighted by Crippen LogP contribution is 2.20. The molecule has 74 valence electrons. The van der Waals surface area contributed by atoms with Gasteiger partial charge < -0.3 is 14.4 Å². The number of hydrogen-bond acceptors (Lipinski definition) is 4. The van der Waals surface area contributed by atoms with E-state index in [-0.39, 0.29) is 6.61 Å². The first-order chi connectivity index (χ1) is 6.15. The molecule has 1 rings (SSSR count). The van der Waals surface area contributed by atoms with Gasteiger partial charge in [0.1, 0.15) is 5.76 Å². The van der Waals surface area contributed by atoms with Gasteiger partial charge in [0.25, 0.3) is 5.88 Å². The van der Waals surface area contributed by atoms with Crippen molar-refractivity contribution < 1.29 is 14.4 Å². The maximum Gasteiger partial charge on any atom is 0.259 e. The van der Waals surface area contributed by atoms with Gasteiger partial charge in [0.05, 0.1) is 18.8 Å². The van der Waals surface area contributed by atoms with Crippen molar-refractivity contribution >= 4 is 0 Å². The lowest BCUT2D eigenvalue weighted by atomic mass is 10.2. The fourth-order valence-corrected chi connectivity index (χ4v) is 0.909. The minimum absolute atomic E-state index is 0.0945. The normalized spacial score (nSPS) is 10.8. The molecule has 1 aromatic rings. The SMILES string of the molecule is Cc1onc(OCC(C)C)c1CO. The summed E-state index contributed by atoms with van der Waals surface area (Å²) in [6.45, 7) is 6.33. The van der Waals surface area contributed by atoms with Crippen LogP contribution in [-0.2, 0) is 6.61 Å². The van der Waals surface area contributed by atoms with E-state index in [1.807, 2.05) is 13.8 Å². The van der Waals surface area contributed by atoms with Gasteiger partial charge in [-0.25, -0.2) is 0 Å². The predicted molar refractivity (Wildman–Crippen MR) is 47.5 cm³/mol. The van der Waals surface area contributed by atoms with E-state index in [0.717, 1.165) is 0 Å². The number of aromatic nitrogens is 1. The summed E-state index contributed by atoms with van der Waals surface area (Å²) in [6, 6.07) is 0. The predicted octanol–water partition coefficient (Wildman–Crippen LogP) is 1.51. The maximum atomic E-state index is 8.97. The van der Waals surface area contributed by atoms with Crippen LogP contribution in [0, 0.1) is 12.8 Å². The van der Waals surface area contributed by atoms with E-state index in [2.05, 4.69) is 5.16 Å². The molecule has 1 aromatic heterocycles. The number of ether oxygens (including phenoxy) is 1. The summed E-state index contributed by atoms with van der Waals surface area (Å²) in [6.07, 6.45) is 0. The Labute approximate surface area is 77.5 Å². The fourth-order valence-electron chi connectivity index (χ4n) is 0.909. The fraction of sp³-hybridized carbons (Fsp3) is 0.667. The van der Waals surface area contributed by atoms with E-state index in [9.17, 15) is 0 Å². The lowest BCUT2D eigenvalue weighted by molar-refractivity contribution is 0.232. The molecule has 0 radical (unpaired) electrons. The lowest BCUT2D eigenvalue weighted by Gasteiger charge is -2.05. The van der Waals surface area contributed by atoms with Crippen LogP contribution in [-0.4, -0.2) is 16.9 Å². The van der Waals surface area contributed by atoms with Gasteiger partial charge >= 0.3 is 0 Å². The summed E-state index contributed by atoms with van der Waals surface area (Å²) in [4.78, 5) is 0. The average Bonchev–Trinajstić information content (AvgIpc) is 2.42. The zero-order valence-electron chi connectivity index (χ0n) is 8.20. The molecule has 4 heteroatoms. The molecule has 0 unspecified atom stereocenters. The van der Waals surface area contributed by atoms with Crippen LogP contribution in [0.1, 0.15) is 25.2 Å². The minimum atomic E-state index is -0.0945. The number of aliphatic hydroxyl groups excluding tert-OH is 1. The summed E-state index contributed by atoms with van der Waals surface area (Å²) in [5, 5.41) is 12.7. The zero-order chi connectivity index (χ0) is 9.84. The van der Waals surface area contributed by atoms with Crippen LogP contribution in [0.2, 0.25) is 0 Å². The van der Waals surface area contributed by atoms with Crippen LogP contribution >= 0.6 is 0 Å². The molecular weight excluding hydrogens is 170 g/mol. The molecule has 0 aliphatic heterocycles. The summed E-state index contributed by atoms with van der Waals surface area (Å²) in [5.74, 6) is 1.46. The Morgan fingerprint density at radius 1 is 1.54 bits per heavy atom. The van der Waals surface area contributed by atoms with Gasteiger partial charge in [-0.1, -0.05) is 13.8 Å². The van der Waals surface area contributed by atoms with Crippen molar-refractivity contribution in [3.63, 3.8) is 0 Å². The molecule has 1 heterocycles. The summed E-state index contributed by atoms with van der Waals surface area (Å²) < 4.78 is 10.2. The van der Waals surface area contributed by atoms with Gasteiger partial charge in [0, 0.05) is 0 Å². The van der Waals surface area contributed by atoms with E-state index in [0.29, 0.717) is 29.7 Å². The standard InChI is InChI=1S/C9H15NO3/c1-6(2)5-12-9-8(4-11)7(3)13-10-9/h6,11H,4-5H2,1-3H3. The molecule has 13 heavy (non-hydrogen) atoms. The Morgan fingerprint density at radius 2 is 2.23 bits per heavy atom. The van der Waals surface area contributed by atoms with Gasteiger partial charge in [0.15, 0.2) is 0 Å². The topological polar surface area (TPSA) is 55.5 Å². The van der Waals surface area contributed by atoms with E-state index in [1.165, 1.54) is 0 Å². The molecule has 1 N–H and O–H groups in total. The zero-order valence-corrected chi connectivity index (χ0v) is 8.20. The Balaban J connectivity index is 2.65. The Morgan fingerprint density at radius 3 is 2.77 bits per heavy atom. The van der Waals surface area contributed by atoms with E-state index < -0.39 is 0 Å². The largest absolute Gasteiger partial charge is 0.475 e. The summed E-state index contributed by atoms with van der Waals surface area (Å²) >= 11 is 0. The third kappa shape index (κ3) is 2.45. The van der Waals surface area contributed by atoms with Crippen LogP contribution in [0.15, 0.2) is 4.52 Å². The molecular formula is C9H15NO3. The summed E-state index contributed by atoms with van der Waals surface area (Å²) in [7, 11) is 0. The molecule has 0 spiro atoms. The molecule has 0 aliphatic rings. The van der Waals surface area contributed by atoms with E-state index in [4.69, 9.17) is 14.4 Å². The van der Waals surface area contributed by atoms with Crippen molar-refractivity contribution in [1.29, 1.82) is 0 Å².